The lowest BCUT2D eigenvalue weighted by Crippen LogP contribution is -2.12. The molecule has 2 aromatic carbocycles. The minimum atomic E-state index is -0.367. The quantitative estimate of drug-likeness (QED) is 0.465. The van der Waals surface area contributed by atoms with Gasteiger partial charge in [-0.2, -0.15) is 5.10 Å². The molecule has 152 valence electrons. The summed E-state index contributed by atoms with van der Waals surface area (Å²) in [5.74, 6) is -0.236. The molecule has 3 nitrogen and oxygen atoms in total. The topological polar surface area (TPSA) is 34.9 Å². The zero-order chi connectivity index (χ0) is 21.0. The molecule has 1 heterocycles. The van der Waals surface area contributed by atoms with Crippen LogP contribution in [-0.2, 0) is 24.1 Å². The average molecular weight is 413 g/mol. The smallest absolute Gasteiger partial charge is 0.137 e. The van der Waals surface area contributed by atoms with Crippen LogP contribution in [-0.4, -0.2) is 15.6 Å². The van der Waals surface area contributed by atoms with Crippen molar-refractivity contribution in [3.8, 4) is 0 Å². The first-order valence-corrected chi connectivity index (χ1v) is 10.3. The molecule has 0 aliphatic heterocycles. The van der Waals surface area contributed by atoms with Gasteiger partial charge in [0.05, 0.1) is 11.7 Å². The van der Waals surface area contributed by atoms with Gasteiger partial charge in [-0.05, 0) is 56.9 Å². The van der Waals surface area contributed by atoms with E-state index in [1.165, 1.54) is 17.7 Å². The number of Topliss-reactive ketones (excluding diaryl/α,β-unsaturated/α-hetero) is 1. The number of aromatic nitrogens is 2. The van der Waals surface area contributed by atoms with Crippen molar-refractivity contribution in [3.05, 3.63) is 87.4 Å². The Balaban J connectivity index is 1.65. The SMILES string of the molecule is Cc1nn(C(C)Cc2ccccc2)c(C)c1CC(=O)CCc1ccc(F)cc1Cl. The molecule has 0 saturated heterocycles. The van der Waals surface area contributed by atoms with Crippen molar-refractivity contribution >= 4 is 17.4 Å². The predicted molar refractivity (Wildman–Crippen MR) is 115 cm³/mol. The van der Waals surface area contributed by atoms with E-state index in [0.717, 1.165) is 28.9 Å². The third-order valence-electron chi connectivity index (χ3n) is 5.33. The summed E-state index contributed by atoms with van der Waals surface area (Å²) < 4.78 is 15.2. The summed E-state index contributed by atoms with van der Waals surface area (Å²) in [5, 5.41) is 5.07. The normalized spacial score (nSPS) is 12.2. The zero-order valence-corrected chi connectivity index (χ0v) is 17.8. The Hall–Kier alpha value is -2.46. The number of hydrogen-bond donors (Lipinski definition) is 0. The van der Waals surface area contributed by atoms with Crippen molar-refractivity contribution in [3.63, 3.8) is 0 Å². The molecule has 0 saturated carbocycles. The van der Waals surface area contributed by atoms with Crippen LogP contribution in [0.2, 0.25) is 5.02 Å². The second-order valence-corrected chi connectivity index (χ2v) is 7.99. The number of ketones is 1. The first kappa shape index (κ1) is 21.3. The van der Waals surface area contributed by atoms with Crippen molar-refractivity contribution in [1.29, 1.82) is 0 Å². The molecule has 3 aromatic rings. The lowest BCUT2D eigenvalue weighted by Gasteiger charge is -2.15. The number of nitrogens with zero attached hydrogens (tertiary/aromatic N) is 2. The molecule has 1 atom stereocenters. The predicted octanol–water partition coefficient (Wildman–Crippen LogP) is 5.84. The maximum Gasteiger partial charge on any atom is 0.137 e. The van der Waals surface area contributed by atoms with Gasteiger partial charge in [-0.15, -0.1) is 0 Å². The number of carbonyl (C=O) groups excluding carboxylic acids is 1. The fourth-order valence-corrected chi connectivity index (χ4v) is 3.97. The van der Waals surface area contributed by atoms with E-state index < -0.39 is 0 Å². The second kappa shape index (κ2) is 9.36. The number of carbonyl (C=O) groups is 1. The molecule has 5 heteroatoms. The number of benzene rings is 2. The first-order chi connectivity index (χ1) is 13.8. The molecule has 0 spiro atoms. The monoisotopic (exact) mass is 412 g/mol. The minimum Gasteiger partial charge on any atom is -0.299 e. The molecule has 0 bridgehead atoms. The lowest BCUT2D eigenvalue weighted by atomic mass is 10.0. The molecule has 0 fully saturated rings. The Morgan fingerprint density at radius 3 is 2.59 bits per heavy atom. The zero-order valence-electron chi connectivity index (χ0n) is 17.1. The summed E-state index contributed by atoms with van der Waals surface area (Å²) >= 11 is 6.06. The Labute approximate surface area is 176 Å². The standard InChI is InChI=1S/C24H26ClFN2O/c1-16(13-19-7-5-4-6-8-19)28-18(3)23(17(2)27-28)15-22(29)12-10-20-9-11-21(26)14-24(20)25/h4-9,11,14,16H,10,12-13,15H2,1-3H3. The highest BCUT2D eigenvalue weighted by atomic mass is 35.5. The van der Waals surface area contributed by atoms with E-state index in [0.29, 0.717) is 24.3 Å². The molecular weight excluding hydrogens is 387 g/mol. The van der Waals surface area contributed by atoms with Crippen molar-refractivity contribution < 1.29 is 9.18 Å². The lowest BCUT2D eigenvalue weighted by molar-refractivity contribution is -0.118. The van der Waals surface area contributed by atoms with Gasteiger partial charge < -0.3 is 0 Å². The van der Waals surface area contributed by atoms with E-state index in [-0.39, 0.29) is 17.6 Å². The maximum atomic E-state index is 13.2. The summed E-state index contributed by atoms with van der Waals surface area (Å²) in [5.41, 5.74) is 5.00. The Morgan fingerprint density at radius 2 is 1.90 bits per heavy atom. The van der Waals surface area contributed by atoms with Gasteiger partial charge in [0.2, 0.25) is 0 Å². The summed E-state index contributed by atoms with van der Waals surface area (Å²) in [7, 11) is 0. The van der Waals surface area contributed by atoms with Gasteiger partial charge in [0, 0.05) is 29.1 Å². The molecule has 1 unspecified atom stereocenters. The number of halogens is 2. The van der Waals surface area contributed by atoms with Gasteiger partial charge >= 0.3 is 0 Å². The van der Waals surface area contributed by atoms with Gasteiger partial charge in [0.1, 0.15) is 11.6 Å². The third kappa shape index (κ3) is 5.33. The van der Waals surface area contributed by atoms with Gasteiger partial charge in [0.25, 0.3) is 0 Å². The number of hydrogen-bond acceptors (Lipinski definition) is 2. The van der Waals surface area contributed by atoms with E-state index in [4.69, 9.17) is 16.7 Å². The second-order valence-electron chi connectivity index (χ2n) is 7.58. The van der Waals surface area contributed by atoms with Gasteiger partial charge in [-0.1, -0.05) is 48.0 Å². The van der Waals surface area contributed by atoms with E-state index >= 15 is 0 Å². The molecule has 3 rings (SSSR count). The highest BCUT2D eigenvalue weighted by molar-refractivity contribution is 6.31. The van der Waals surface area contributed by atoms with Crippen LogP contribution in [0.15, 0.2) is 48.5 Å². The molecule has 0 amide bonds. The summed E-state index contributed by atoms with van der Waals surface area (Å²) in [4.78, 5) is 12.6. The minimum absolute atomic E-state index is 0.131. The van der Waals surface area contributed by atoms with Crippen molar-refractivity contribution in [2.24, 2.45) is 0 Å². The van der Waals surface area contributed by atoms with Crippen LogP contribution in [0.4, 0.5) is 4.39 Å². The maximum absolute atomic E-state index is 13.2. The molecule has 0 aliphatic carbocycles. The highest BCUT2D eigenvalue weighted by Gasteiger charge is 2.18. The molecule has 1 aromatic heterocycles. The molecule has 0 N–H and O–H groups in total. The Morgan fingerprint density at radius 1 is 1.17 bits per heavy atom. The molecular formula is C24H26ClFN2O. The van der Waals surface area contributed by atoms with E-state index in [2.05, 4.69) is 19.1 Å². The Bertz CT molecular complexity index is 998. The van der Waals surface area contributed by atoms with Crippen LogP contribution in [0.3, 0.4) is 0 Å². The van der Waals surface area contributed by atoms with Crippen LogP contribution in [0.25, 0.3) is 0 Å². The van der Waals surface area contributed by atoms with E-state index in [9.17, 15) is 9.18 Å². The summed E-state index contributed by atoms with van der Waals surface area (Å²) in [6.45, 7) is 6.13. The molecule has 0 radical (unpaired) electrons. The van der Waals surface area contributed by atoms with Crippen LogP contribution in [0.5, 0.6) is 0 Å². The van der Waals surface area contributed by atoms with Crippen LogP contribution in [0.1, 0.15) is 47.5 Å². The van der Waals surface area contributed by atoms with E-state index in [1.807, 2.05) is 36.7 Å². The molecule has 29 heavy (non-hydrogen) atoms. The fraction of sp³-hybridized carbons (Fsp3) is 0.333. The van der Waals surface area contributed by atoms with Crippen molar-refractivity contribution in [2.75, 3.05) is 0 Å². The average Bonchev–Trinajstić information content (AvgIpc) is 2.96. The third-order valence-corrected chi connectivity index (χ3v) is 5.68. The largest absolute Gasteiger partial charge is 0.299 e. The van der Waals surface area contributed by atoms with Gasteiger partial charge in [-0.25, -0.2) is 4.39 Å². The van der Waals surface area contributed by atoms with Crippen LogP contribution in [0, 0.1) is 19.7 Å². The number of aryl methyl sites for hydroxylation is 2. The van der Waals surface area contributed by atoms with Crippen molar-refractivity contribution in [2.45, 2.75) is 52.5 Å². The highest BCUT2D eigenvalue weighted by Crippen LogP contribution is 2.23. The first-order valence-electron chi connectivity index (χ1n) is 9.89. The van der Waals surface area contributed by atoms with Crippen LogP contribution >= 0.6 is 11.6 Å². The molecule has 0 aliphatic rings. The van der Waals surface area contributed by atoms with Crippen molar-refractivity contribution in [1.82, 2.24) is 9.78 Å². The van der Waals surface area contributed by atoms with Crippen LogP contribution < -0.4 is 0 Å². The summed E-state index contributed by atoms with van der Waals surface area (Å²) in [6.07, 6.45) is 2.12. The Kier molecular flexibility index (Phi) is 6.86. The fourth-order valence-electron chi connectivity index (χ4n) is 3.71. The van der Waals surface area contributed by atoms with E-state index in [1.54, 1.807) is 6.07 Å². The van der Waals surface area contributed by atoms with Gasteiger partial charge in [0.15, 0.2) is 0 Å². The number of rotatable bonds is 8. The van der Waals surface area contributed by atoms with Gasteiger partial charge in [-0.3, -0.25) is 9.48 Å². The summed E-state index contributed by atoms with van der Waals surface area (Å²) in [6, 6.07) is 14.8.